The minimum atomic E-state index is -0.0222. The van der Waals surface area contributed by atoms with Crippen molar-refractivity contribution in [2.45, 2.75) is 51.9 Å². The normalized spacial score (nSPS) is 16.3. The molecule has 0 fully saturated rings. The van der Waals surface area contributed by atoms with Crippen LogP contribution in [-0.2, 0) is 0 Å². The predicted molar refractivity (Wildman–Crippen MR) is 105 cm³/mol. The Bertz CT molecular complexity index is 581. The number of amides is 1. The van der Waals surface area contributed by atoms with Crippen LogP contribution in [0.2, 0.25) is 0 Å². The molecule has 1 atom stereocenters. The third kappa shape index (κ3) is 5.13. The smallest absolute Gasteiger partial charge is 0.251 e. The highest BCUT2D eigenvalue weighted by molar-refractivity contribution is 5.97. The average molecular weight is 363 g/mol. The Morgan fingerprint density at radius 2 is 1.65 bits per heavy atom. The van der Waals surface area contributed by atoms with Gasteiger partial charge in [0.1, 0.15) is 0 Å². The second-order valence-corrected chi connectivity index (χ2v) is 7.04. The maximum atomic E-state index is 12.3. The van der Waals surface area contributed by atoms with Crippen molar-refractivity contribution in [3.05, 3.63) is 23.3 Å². The molecule has 0 radical (unpaired) electrons. The lowest BCUT2D eigenvalue weighted by molar-refractivity contribution is 0.0937. The average Bonchev–Trinajstić information content (AvgIpc) is 2.67. The lowest BCUT2D eigenvalue weighted by Crippen LogP contribution is -2.37. The molecule has 5 nitrogen and oxygen atoms in total. The van der Waals surface area contributed by atoms with E-state index in [9.17, 15) is 4.79 Å². The van der Waals surface area contributed by atoms with E-state index in [1.165, 1.54) is 25.7 Å². The van der Waals surface area contributed by atoms with E-state index in [1.54, 1.807) is 14.2 Å². The Hall–Kier alpha value is -1.75. The fraction of sp³-hybridized carbons (Fsp3) is 0.667. The topological polar surface area (TPSA) is 50.8 Å². The highest BCUT2D eigenvalue weighted by atomic mass is 16.5. The van der Waals surface area contributed by atoms with Crippen molar-refractivity contribution in [2.24, 2.45) is 0 Å². The molecule has 1 aromatic rings. The molecule has 0 saturated carbocycles. The highest BCUT2D eigenvalue weighted by Crippen LogP contribution is 2.36. The van der Waals surface area contributed by atoms with Gasteiger partial charge in [-0.15, -0.1) is 0 Å². The van der Waals surface area contributed by atoms with Crippen molar-refractivity contribution >= 4 is 5.91 Å². The van der Waals surface area contributed by atoms with Gasteiger partial charge in [-0.3, -0.25) is 4.79 Å². The quantitative estimate of drug-likeness (QED) is 0.650. The number of nitrogens with zero attached hydrogens (tertiary/aromatic N) is 1. The molecule has 1 aliphatic heterocycles. The summed E-state index contributed by atoms with van der Waals surface area (Å²) in [6.07, 6.45) is 5.97. The number of unbranched alkanes of at least 4 members (excludes halogenated alkanes) is 2. The van der Waals surface area contributed by atoms with Gasteiger partial charge < -0.3 is 19.7 Å². The van der Waals surface area contributed by atoms with Gasteiger partial charge in [-0.2, -0.15) is 0 Å². The number of carbonyl (C=O) groups is 1. The van der Waals surface area contributed by atoms with Gasteiger partial charge in [-0.1, -0.05) is 26.7 Å². The van der Waals surface area contributed by atoms with E-state index in [-0.39, 0.29) is 5.91 Å². The van der Waals surface area contributed by atoms with E-state index in [0.29, 0.717) is 29.5 Å². The lowest BCUT2D eigenvalue weighted by Gasteiger charge is -2.29. The number of ether oxygens (including phenoxy) is 2. The summed E-state index contributed by atoms with van der Waals surface area (Å²) < 4.78 is 10.8. The third-order valence-electron chi connectivity index (χ3n) is 5.20. The van der Waals surface area contributed by atoms with Crippen molar-refractivity contribution in [1.82, 2.24) is 10.2 Å². The first kappa shape index (κ1) is 20.6. The Labute approximate surface area is 158 Å². The minimum absolute atomic E-state index is 0.0222. The van der Waals surface area contributed by atoms with Crippen LogP contribution in [0, 0.1) is 0 Å². The van der Waals surface area contributed by atoms with Crippen molar-refractivity contribution in [2.75, 3.05) is 40.4 Å². The fourth-order valence-corrected chi connectivity index (χ4v) is 3.55. The summed E-state index contributed by atoms with van der Waals surface area (Å²) in [6, 6.07) is 3.79. The van der Waals surface area contributed by atoms with Gasteiger partial charge in [0.2, 0.25) is 0 Å². The molecular formula is C21H34N2O3. The first-order valence-electron chi connectivity index (χ1n) is 9.91. The highest BCUT2D eigenvalue weighted by Gasteiger charge is 2.27. The van der Waals surface area contributed by atoms with Crippen LogP contribution in [-0.4, -0.2) is 51.2 Å². The van der Waals surface area contributed by atoms with Crippen LogP contribution in [0.15, 0.2) is 12.1 Å². The molecule has 1 aromatic carbocycles. The van der Waals surface area contributed by atoms with Gasteiger partial charge in [0.15, 0.2) is 11.5 Å². The summed E-state index contributed by atoms with van der Waals surface area (Å²) in [6.45, 7) is 8.56. The van der Waals surface area contributed by atoms with Crippen LogP contribution in [0.3, 0.4) is 0 Å². The molecule has 0 aliphatic carbocycles. The van der Waals surface area contributed by atoms with E-state index in [0.717, 1.165) is 31.6 Å². The maximum absolute atomic E-state index is 12.3. The van der Waals surface area contributed by atoms with Crippen molar-refractivity contribution < 1.29 is 14.3 Å². The SMILES string of the molecule is CCCCN(CCCC)CCC1CNC(=O)c2cc(OC)c(OC)cc21. The second-order valence-electron chi connectivity index (χ2n) is 7.04. The van der Waals surface area contributed by atoms with Crippen molar-refractivity contribution in [3.8, 4) is 11.5 Å². The molecule has 1 N–H and O–H groups in total. The summed E-state index contributed by atoms with van der Waals surface area (Å²) in [5.41, 5.74) is 1.80. The molecule has 0 bridgehead atoms. The second kappa shape index (κ2) is 10.4. The molecule has 1 amide bonds. The molecule has 2 rings (SSSR count). The van der Waals surface area contributed by atoms with Crippen LogP contribution in [0.1, 0.15) is 67.8 Å². The van der Waals surface area contributed by atoms with E-state index in [2.05, 4.69) is 24.1 Å². The standard InChI is InChI=1S/C21H34N2O3/c1-5-7-10-23(11-8-6-2)12-9-16-15-22-21(24)18-14-20(26-4)19(25-3)13-17(16)18/h13-14,16H,5-12,15H2,1-4H3,(H,22,24). The largest absolute Gasteiger partial charge is 0.493 e. The minimum Gasteiger partial charge on any atom is -0.493 e. The number of hydrogen-bond acceptors (Lipinski definition) is 4. The van der Waals surface area contributed by atoms with Crippen molar-refractivity contribution in [3.63, 3.8) is 0 Å². The number of benzene rings is 1. The van der Waals surface area contributed by atoms with Crippen LogP contribution >= 0.6 is 0 Å². The van der Waals surface area contributed by atoms with Crippen LogP contribution in [0.5, 0.6) is 11.5 Å². The molecule has 5 heteroatoms. The molecule has 1 unspecified atom stereocenters. The van der Waals surface area contributed by atoms with Gasteiger partial charge >= 0.3 is 0 Å². The molecule has 26 heavy (non-hydrogen) atoms. The molecule has 1 aliphatic rings. The van der Waals surface area contributed by atoms with Crippen LogP contribution < -0.4 is 14.8 Å². The zero-order valence-corrected chi connectivity index (χ0v) is 16.8. The molecule has 0 saturated heterocycles. The fourth-order valence-electron chi connectivity index (χ4n) is 3.55. The van der Waals surface area contributed by atoms with E-state index >= 15 is 0 Å². The molecule has 146 valence electrons. The number of methoxy groups -OCH3 is 2. The Kier molecular flexibility index (Phi) is 8.23. The summed E-state index contributed by atoms with van der Waals surface area (Å²) in [7, 11) is 3.24. The van der Waals surface area contributed by atoms with Gasteiger partial charge in [-0.25, -0.2) is 0 Å². The summed E-state index contributed by atoms with van der Waals surface area (Å²) >= 11 is 0. The van der Waals surface area contributed by atoms with Crippen molar-refractivity contribution in [1.29, 1.82) is 0 Å². The Morgan fingerprint density at radius 3 is 2.23 bits per heavy atom. The summed E-state index contributed by atoms with van der Waals surface area (Å²) in [5, 5.41) is 3.03. The number of carbonyl (C=O) groups excluding carboxylic acids is 1. The summed E-state index contributed by atoms with van der Waals surface area (Å²) in [4.78, 5) is 14.9. The number of rotatable bonds is 11. The molecular weight excluding hydrogens is 328 g/mol. The Balaban J connectivity index is 2.13. The summed E-state index contributed by atoms with van der Waals surface area (Å²) in [5.74, 6) is 1.59. The van der Waals surface area contributed by atoms with Crippen LogP contribution in [0.25, 0.3) is 0 Å². The monoisotopic (exact) mass is 362 g/mol. The molecule has 0 spiro atoms. The van der Waals surface area contributed by atoms with E-state index in [4.69, 9.17) is 9.47 Å². The predicted octanol–water partition coefficient (Wildman–Crippen LogP) is 3.82. The maximum Gasteiger partial charge on any atom is 0.251 e. The van der Waals surface area contributed by atoms with Gasteiger partial charge in [0, 0.05) is 18.0 Å². The van der Waals surface area contributed by atoms with Gasteiger partial charge in [0.25, 0.3) is 5.91 Å². The van der Waals surface area contributed by atoms with E-state index in [1.807, 2.05) is 12.1 Å². The Morgan fingerprint density at radius 1 is 1.04 bits per heavy atom. The van der Waals surface area contributed by atoms with Gasteiger partial charge in [0.05, 0.1) is 14.2 Å². The zero-order chi connectivity index (χ0) is 18.9. The van der Waals surface area contributed by atoms with E-state index < -0.39 is 0 Å². The number of hydrogen-bond donors (Lipinski definition) is 1. The lowest BCUT2D eigenvalue weighted by atomic mass is 9.87. The molecule has 1 heterocycles. The first-order valence-corrected chi connectivity index (χ1v) is 9.91. The zero-order valence-electron chi connectivity index (χ0n) is 16.8. The first-order chi connectivity index (χ1) is 12.6. The van der Waals surface area contributed by atoms with Gasteiger partial charge in [-0.05, 0) is 56.6 Å². The third-order valence-corrected chi connectivity index (χ3v) is 5.20. The number of fused-ring (bicyclic) bond motifs is 1. The molecule has 0 aromatic heterocycles. The number of nitrogens with one attached hydrogen (secondary N) is 1. The van der Waals surface area contributed by atoms with Crippen LogP contribution in [0.4, 0.5) is 0 Å².